The first-order valence-electron chi connectivity index (χ1n) is 10.0. The van der Waals surface area contributed by atoms with E-state index in [1.807, 2.05) is 24.3 Å². The summed E-state index contributed by atoms with van der Waals surface area (Å²) in [5, 5.41) is 3.26. The third-order valence-electron chi connectivity index (χ3n) is 5.29. The van der Waals surface area contributed by atoms with Crippen molar-refractivity contribution in [3.8, 4) is 0 Å². The van der Waals surface area contributed by atoms with E-state index in [9.17, 15) is 4.79 Å². The van der Waals surface area contributed by atoms with Gasteiger partial charge in [-0.05, 0) is 49.5 Å². The first-order valence-corrected chi connectivity index (χ1v) is 11.4. The van der Waals surface area contributed by atoms with Gasteiger partial charge in [-0.3, -0.25) is 4.79 Å². The second kappa shape index (κ2) is 9.26. The predicted octanol–water partition coefficient (Wildman–Crippen LogP) is 3.18. The minimum Gasteiger partial charge on any atom is -0.346 e. The summed E-state index contributed by atoms with van der Waals surface area (Å²) in [6.45, 7) is 1.53. The number of aromatic nitrogens is 4. The summed E-state index contributed by atoms with van der Waals surface area (Å²) in [6, 6.07) is 9.65. The Morgan fingerprint density at radius 2 is 2.14 bits per heavy atom. The molecule has 1 amide bonds. The highest BCUT2D eigenvalue weighted by Crippen LogP contribution is 2.24. The maximum absolute atomic E-state index is 13.1. The molecular weight excluding hydrogens is 384 g/mol. The molecule has 3 heterocycles. The number of rotatable bonds is 7. The summed E-state index contributed by atoms with van der Waals surface area (Å²) in [5.41, 5.74) is 1.92. The number of amides is 1. The predicted molar refractivity (Wildman–Crippen MR) is 117 cm³/mol. The van der Waals surface area contributed by atoms with Crippen LogP contribution in [0.5, 0.6) is 0 Å². The Kier molecular flexibility index (Phi) is 6.29. The van der Waals surface area contributed by atoms with Crippen LogP contribution in [0.15, 0.2) is 42.7 Å². The first kappa shape index (κ1) is 19.7. The van der Waals surface area contributed by atoms with Gasteiger partial charge < -0.3 is 15.2 Å². The van der Waals surface area contributed by atoms with Gasteiger partial charge in [-0.2, -0.15) is 11.8 Å². The van der Waals surface area contributed by atoms with Crippen molar-refractivity contribution in [2.24, 2.45) is 5.92 Å². The number of anilines is 1. The molecule has 152 valence electrons. The van der Waals surface area contributed by atoms with Gasteiger partial charge in [-0.1, -0.05) is 12.1 Å². The SMILES string of the molecule is CSCC[C@@H](NC(=O)[C@@H]1CCCN(c2ncccn2)C1)c1nc2ccccc2[nH]1. The van der Waals surface area contributed by atoms with E-state index < -0.39 is 0 Å². The Morgan fingerprint density at radius 3 is 2.93 bits per heavy atom. The molecule has 0 saturated carbocycles. The molecular formula is C21H26N6OS. The molecule has 2 aromatic heterocycles. The molecule has 0 unspecified atom stereocenters. The van der Waals surface area contributed by atoms with Gasteiger partial charge in [0, 0.05) is 25.5 Å². The molecule has 1 aromatic carbocycles. The number of fused-ring (bicyclic) bond motifs is 1. The topological polar surface area (TPSA) is 86.8 Å². The Hall–Kier alpha value is -2.61. The maximum atomic E-state index is 13.1. The largest absolute Gasteiger partial charge is 0.346 e. The Labute approximate surface area is 174 Å². The van der Waals surface area contributed by atoms with Crippen LogP contribution in [0.25, 0.3) is 11.0 Å². The summed E-state index contributed by atoms with van der Waals surface area (Å²) < 4.78 is 0. The van der Waals surface area contributed by atoms with E-state index in [1.54, 1.807) is 30.2 Å². The number of piperidine rings is 1. The Balaban J connectivity index is 1.47. The van der Waals surface area contributed by atoms with Crippen LogP contribution in [0, 0.1) is 5.92 Å². The molecule has 2 N–H and O–H groups in total. The van der Waals surface area contributed by atoms with E-state index in [2.05, 4.69) is 31.4 Å². The summed E-state index contributed by atoms with van der Waals surface area (Å²) in [6.07, 6.45) is 8.24. The van der Waals surface area contributed by atoms with Crippen molar-refractivity contribution in [1.29, 1.82) is 0 Å². The summed E-state index contributed by atoms with van der Waals surface area (Å²) in [4.78, 5) is 32.0. The molecule has 7 nitrogen and oxygen atoms in total. The van der Waals surface area contributed by atoms with Crippen molar-refractivity contribution in [3.63, 3.8) is 0 Å². The number of hydrogen-bond donors (Lipinski definition) is 2. The second-order valence-corrected chi connectivity index (χ2v) is 8.30. The lowest BCUT2D eigenvalue weighted by atomic mass is 9.97. The fourth-order valence-electron chi connectivity index (χ4n) is 3.77. The number of aromatic amines is 1. The fourth-order valence-corrected chi connectivity index (χ4v) is 4.24. The maximum Gasteiger partial charge on any atom is 0.225 e. The van der Waals surface area contributed by atoms with Crippen molar-refractivity contribution in [2.45, 2.75) is 25.3 Å². The number of carbonyl (C=O) groups excluding carboxylic acids is 1. The van der Waals surface area contributed by atoms with Crippen LogP contribution >= 0.6 is 11.8 Å². The summed E-state index contributed by atoms with van der Waals surface area (Å²) >= 11 is 1.77. The standard InChI is InChI=1S/C21H26N6OS/c1-29-13-9-18(19-24-16-7-2-3-8-17(16)25-19)26-20(28)15-6-4-12-27(14-15)21-22-10-5-11-23-21/h2-3,5,7-8,10-11,15,18H,4,6,9,12-14H2,1H3,(H,24,25)(H,26,28)/t15-,18-/m1/s1. The number of thioether (sulfide) groups is 1. The Bertz CT molecular complexity index is 914. The van der Waals surface area contributed by atoms with E-state index in [0.29, 0.717) is 12.5 Å². The van der Waals surface area contributed by atoms with Crippen molar-refractivity contribution in [1.82, 2.24) is 25.3 Å². The number of H-pyrrole nitrogens is 1. The lowest BCUT2D eigenvalue weighted by molar-refractivity contribution is -0.126. The van der Waals surface area contributed by atoms with Gasteiger partial charge in [0.25, 0.3) is 0 Å². The number of nitrogens with zero attached hydrogens (tertiary/aromatic N) is 4. The van der Waals surface area contributed by atoms with Crippen LogP contribution in [0.1, 0.15) is 31.1 Å². The van der Waals surface area contributed by atoms with Gasteiger partial charge in [-0.25, -0.2) is 15.0 Å². The molecule has 3 aromatic rings. The lowest BCUT2D eigenvalue weighted by Gasteiger charge is -2.32. The molecule has 0 radical (unpaired) electrons. The normalized spacial score (nSPS) is 18.0. The molecule has 1 aliphatic heterocycles. The number of hydrogen-bond acceptors (Lipinski definition) is 6. The van der Waals surface area contributed by atoms with Crippen LogP contribution in [0.2, 0.25) is 0 Å². The van der Waals surface area contributed by atoms with Crippen molar-refractivity contribution < 1.29 is 4.79 Å². The number of benzene rings is 1. The van der Waals surface area contributed by atoms with E-state index in [0.717, 1.165) is 48.4 Å². The molecule has 1 saturated heterocycles. The van der Waals surface area contributed by atoms with Crippen LogP contribution in [-0.2, 0) is 4.79 Å². The number of carbonyl (C=O) groups is 1. The lowest BCUT2D eigenvalue weighted by Crippen LogP contribution is -2.44. The summed E-state index contributed by atoms with van der Waals surface area (Å²) in [5.74, 6) is 2.48. The van der Waals surface area contributed by atoms with Crippen LogP contribution in [-0.4, -0.2) is 50.9 Å². The van der Waals surface area contributed by atoms with Crippen LogP contribution in [0.3, 0.4) is 0 Å². The van der Waals surface area contributed by atoms with Gasteiger partial charge >= 0.3 is 0 Å². The molecule has 1 aliphatic rings. The van der Waals surface area contributed by atoms with Crippen molar-refractivity contribution in [3.05, 3.63) is 48.5 Å². The fraction of sp³-hybridized carbons (Fsp3) is 0.429. The highest BCUT2D eigenvalue weighted by molar-refractivity contribution is 7.98. The minimum atomic E-state index is -0.120. The molecule has 2 atom stereocenters. The third kappa shape index (κ3) is 4.70. The van der Waals surface area contributed by atoms with Gasteiger partial charge in [0.15, 0.2) is 0 Å². The van der Waals surface area contributed by atoms with Gasteiger partial charge in [0.05, 0.1) is 23.0 Å². The third-order valence-corrected chi connectivity index (χ3v) is 5.94. The highest BCUT2D eigenvalue weighted by Gasteiger charge is 2.29. The van der Waals surface area contributed by atoms with E-state index in [-0.39, 0.29) is 17.9 Å². The zero-order chi connectivity index (χ0) is 20.1. The summed E-state index contributed by atoms with van der Waals surface area (Å²) in [7, 11) is 0. The van der Waals surface area contributed by atoms with E-state index >= 15 is 0 Å². The highest BCUT2D eigenvalue weighted by atomic mass is 32.2. The number of imidazole rings is 1. The van der Waals surface area contributed by atoms with Crippen LogP contribution < -0.4 is 10.2 Å². The first-order chi connectivity index (χ1) is 14.2. The Morgan fingerprint density at radius 1 is 1.31 bits per heavy atom. The smallest absolute Gasteiger partial charge is 0.225 e. The zero-order valence-corrected chi connectivity index (χ0v) is 17.4. The zero-order valence-electron chi connectivity index (χ0n) is 16.5. The van der Waals surface area contributed by atoms with Crippen LogP contribution in [0.4, 0.5) is 5.95 Å². The van der Waals surface area contributed by atoms with E-state index in [1.165, 1.54) is 0 Å². The quantitative estimate of drug-likeness (QED) is 0.622. The van der Waals surface area contributed by atoms with E-state index in [4.69, 9.17) is 4.98 Å². The average molecular weight is 411 g/mol. The molecule has 0 spiro atoms. The van der Waals surface area contributed by atoms with Gasteiger partial charge in [-0.15, -0.1) is 0 Å². The van der Waals surface area contributed by atoms with Crippen molar-refractivity contribution >= 4 is 34.7 Å². The van der Waals surface area contributed by atoms with Gasteiger partial charge in [0.2, 0.25) is 11.9 Å². The number of nitrogens with one attached hydrogen (secondary N) is 2. The average Bonchev–Trinajstić information content (AvgIpc) is 3.21. The molecule has 0 aliphatic carbocycles. The number of para-hydroxylation sites is 2. The molecule has 1 fully saturated rings. The molecule has 29 heavy (non-hydrogen) atoms. The molecule has 0 bridgehead atoms. The van der Waals surface area contributed by atoms with Gasteiger partial charge in [0.1, 0.15) is 5.82 Å². The molecule has 8 heteroatoms. The molecule has 4 rings (SSSR count). The second-order valence-electron chi connectivity index (χ2n) is 7.32. The van der Waals surface area contributed by atoms with Crippen molar-refractivity contribution in [2.75, 3.05) is 30.0 Å². The minimum absolute atomic E-state index is 0.0753. The monoisotopic (exact) mass is 410 g/mol.